The Labute approximate surface area is 150 Å². The summed E-state index contributed by atoms with van der Waals surface area (Å²) in [5, 5.41) is 3.11. The molecule has 1 N–H and O–H groups in total. The van der Waals surface area contributed by atoms with E-state index in [9.17, 15) is 4.79 Å². The van der Waals surface area contributed by atoms with Crippen LogP contribution in [0.4, 0.5) is 0 Å². The topological polar surface area (TPSA) is 35.6 Å². The molecular formula is C19H28ClN3O. The van der Waals surface area contributed by atoms with E-state index in [4.69, 9.17) is 11.6 Å². The summed E-state index contributed by atoms with van der Waals surface area (Å²) in [5.74, 6) is 0.362. The van der Waals surface area contributed by atoms with Crippen molar-refractivity contribution in [2.45, 2.75) is 31.8 Å². The van der Waals surface area contributed by atoms with Crippen molar-refractivity contribution in [3.8, 4) is 0 Å². The Morgan fingerprint density at radius 3 is 2.46 bits per heavy atom. The molecule has 1 unspecified atom stereocenters. The Morgan fingerprint density at radius 2 is 1.88 bits per heavy atom. The highest BCUT2D eigenvalue weighted by Crippen LogP contribution is 2.41. The number of rotatable bonds is 7. The molecule has 0 spiro atoms. The summed E-state index contributed by atoms with van der Waals surface area (Å²) in [6.07, 6.45) is 2.39. The summed E-state index contributed by atoms with van der Waals surface area (Å²) in [4.78, 5) is 17.1. The molecule has 0 aromatic heterocycles. The highest BCUT2D eigenvalue weighted by molar-refractivity contribution is 6.19. The molecule has 1 aromatic rings. The number of carbonyl (C=O) groups excluding carboxylic acids is 1. The lowest BCUT2D eigenvalue weighted by Crippen LogP contribution is -2.54. The lowest BCUT2D eigenvalue weighted by molar-refractivity contribution is -0.124. The molecule has 4 nitrogen and oxygen atoms in total. The van der Waals surface area contributed by atoms with Crippen molar-refractivity contribution < 1.29 is 4.79 Å². The molecule has 0 bridgehead atoms. The zero-order chi connectivity index (χ0) is 17.0. The molecule has 1 heterocycles. The van der Waals surface area contributed by atoms with Crippen molar-refractivity contribution >= 4 is 17.5 Å². The van der Waals surface area contributed by atoms with E-state index < -0.39 is 0 Å². The largest absolute Gasteiger partial charge is 0.354 e. The van der Waals surface area contributed by atoms with Crippen LogP contribution < -0.4 is 5.32 Å². The maximum Gasteiger partial charge on any atom is 0.224 e. The maximum absolute atomic E-state index is 12.0. The molecule has 1 saturated carbocycles. The van der Waals surface area contributed by atoms with Crippen LogP contribution in [0.25, 0.3) is 0 Å². The second-order valence-corrected chi connectivity index (χ2v) is 7.55. The van der Waals surface area contributed by atoms with Gasteiger partial charge in [0.15, 0.2) is 0 Å². The van der Waals surface area contributed by atoms with Crippen LogP contribution in [-0.2, 0) is 11.3 Å². The van der Waals surface area contributed by atoms with Crippen LogP contribution in [0.5, 0.6) is 0 Å². The van der Waals surface area contributed by atoms with Gasteiger partial charge in [0.05, 0.1) is 0 Å². The van der Waals surface area contributed by atoms with Crippen LogP contribution >= 0.6 is 11.6 Å². The molecule has 1 amide bonds. The van der Waals surface area contributed by atoms with E-state index in [1.54, 1.807) is 0 Å². The number of hydrogen-bond donors (Lipinski definition) is 1. The molecule has 2 aliphatic rings. The second-order valence-electron chi connectivity index (χ2n) is 7.25. The van der Waals surface area contributed by atoms with E-state index in [0.717, 1.165) is 39.3 Å². The van der Waals surface area contributed by atoms with Crippen molar-refractivity contribution in [3.63, 3.8) is 0 Å². The van der Waals surface area contributed by atoms with E-state index in [0.29, 0.717) is 5.88 Å². The molecular weight excluding hydrogens is 322 g/mol. The summed E-state index contributed by atoms with van der Waals surface area (Å²) in [6, 6.07) is 10.7. The Kier molecular flexibility index (Phi) is 5.80. The number of halogens is 1. The van der Waals surface area contributed by atoms with Gasteiger partial charge in [0.1, 0.15) is 0 Å². The SMILES string of the molecule is CC(CCl)C(=O)NCC1(N2CCN(Cc3ccccc3)CC2)CC1. The van der Waals surface area contributed by atoms with Crippen molar-refractivity contribution in [3.05, 3.63) is 35.9 Å². The lowest BCUT2D eigenvalue weighted by atomic mass is 10.1. The molecule has 1 saturated heterocycles. The predicted molar refractivity (Wildman–Crippen MR) is 98.2 cm³/mol. The van der Waals surface area contributed by atoms with E-state index in [1.165, 1.54) is 18.4 Å². The molecule has 1 aliphatic carbocycles. The van der Waals surface area contributed by atoms with Gasteiger partial charge in [-0.1, -0.05) is 37.3 Å². The zero-order valence-corrected chi connectivity index (χ0v) is 15.3. The van der Waals surface area contributed by atoms with Gasteiger partial charge >= 0.3 is 0 Å². The molecule has 3 rings (SSSR count). The predicted octanol–water partition coefficient (Wildman–Crippen LogP) is 2.33. The first-order valence-electron chi connectivity index (χ1n) is 8.98. The van der Waals surface area contributed by atoms with Crippen LogP contribution in [0.2, 0.25) is 0 Å². The Bertz CT molecular complexity index is 539. The van der Waals surface area contributed by atoms with E-state index in [2.05, 4.69) is 45.4 Å². The number of carbonyl (C=O) groups is 1. The fraction of sp³-hybridized carbons (Fsp3) is 0.632. The smallest absolute Gasteiger partial charge is 0.224 e. The number of nitrogens with zero attached hydrogens (tertiary/aromatic N) is 2. The normalized spacial score (nSPS) is 22.1. The third kappa shape index (κ3) is 4.29. The summed E-state index contributed by atoms with van der Waals surface area (Å²) < 4.78 is 0. The fourth-order valence-electron chi connectivity index (χ4n) is 3.47. The summed E-state index contributed by atoms with van der Waals surface area (Å²) in [5.41, 5.74) is 1.59. The number of benzene rings is 1. The van der Waals surface area contributed by atoms with Gasteiger partial charge in [0.2, 0.25) is 5.91 Å². The van der Waals surface area contributed by atoms with Gasteiger partial charge in [-0.15, -0.1) is 11.6 Å². The van der Waals surface area contributed by atoms with Gasteiger partial charge < -0.3 is 5.32 Å². The molecule has 5 heteroatoms. The van der Waals surface area contributed by atoms with Gasteiger partial charge in [-0.3, -0.25) is 14.6 Å². The minimum atomic E-state index is -0.106. The first-order valence-corrected chi connectivity index (χ1v) is 9.51. The Morgan fingerprint density at radius 1 is 1.21 bits per heavy atom. The van der Waals surface area contributed by atoms with E-state index >= 15 is 0 Å². The van der Waals surface area contributed by atoms with Crippen LogP contribution in [0.3, 0.4) is 0 Å². The first kappa shape index (κ1) is 17.7. The third-order valence-corrected chi connectivity index (χ3v) is 5.85. The molecule has 0 radical (unpaired) electrons. The number of amides is 1. The van der Waals surface area contributed by atoms with Gasteiger partial charge in [0, 0.05) is 56.6 Å². The van der Waals surface area contributed by atoms with Gasteiger partial charge in [0.25, 0.3) is 0 Å². The Hall–Kier alpha value is -1.10. The van der Waals surface area contributed by atoms with Gasteiger partial charge in [-0.25, -0.2) is 0 Å². The fourth-order valence-corrected chi connectivity index (χ4v) is 3.61. The van der Waals surface area contributed by atoms with Crippen molar-refractivity contribution in [2.24, 2.45) is 5.92 Å². The van der Waals surface area contributed by atoms with Crippen LogP contribution in [-0.4, -0.2) is 59.8 Å². The van der Waals surface area contributed by atoms with Gasteiger partial charge in [-0.2, -0.15) is 0 Å². The van der Waals surface area contributed by atoms with E-state index in [1.807, 2.05) is 6.92 Å². The number of hydrogen-bond acceptors (Lipinski definition) is 3. The third-order valence-electron chi connectivity index (χ3n) is 5.39. The molecule has 132 valence electrons. The van der Waals surface area contributed by atoms with Crippen LogP contribution in [0.1, 0.15) is 25.3 Å². The minimum Gasteiger partial charge on any atom is -0.354 e. The first-order chi connectivity index (χ1) is 11.6. The van der Waals surface area contributed by atoms with E-state index in [-0.39, 0.29) is 17.4 Å². The molecule has 1 aromatic carbocycles. The molecule has 24 heavy (non-hydrogen) atoms. The summed E-state index contributed by atoms with van der Waals surface area (Å²) in [7, 11) is 0. The minimum absolute atomic E-state index is 0.0824. The monoisotopic (exact) mass is 349 g/mol. The average molecular weight is 350 g/mol. The van der Waals surface area contributed by atoms with Crippen LogP contribution in [0, 0.1) is 5.92 Å². The number of alkyl halides is 1. The molecule has 2 fully saturated rings. The number of piperazine rings is 1. The lowest BCUT2D eigenvalue weighted by Gasteiger charge is -2.40. The van der Waals surface area contributed by atoms with Crippen molar-refractivity contribution in [1.82, 2.24) is 15.1 Å². The average Bonchev–Trinajstić information content (AvgIpc) is 3.41. The highest BCUT2D eigenvalue weighted by Gasteiger charge is 2.48. The van der Waals surface area contributed by atoms with Gasteiger partial charge in [-0.05, 0) is 18.4 Å². The quantitative estimate of drug-likeness (QED) is 0.767. The zero-order valence-electron chi connectivity index (χ0n) is 14.5. The standard InChI is InChI=1S/C19H28ClN3O/c1-16(13-20)18(24)21-15-19(7-8-19)23-11-9-22(10-12-23)14-17-5-3-2-4-6-17/h2-6,16H,7-15H2,1H3,(H,21,24). The molecule has 1 atom stereocenters. The second kappa shape index (κ2) is 7.85. The number of nitrogens with one attached hydrogen (secondary N) is 1. The van der Waals surface area contributed by atoms with Crippen LogP contribution in [0.15, 0.2) is 30.3 Å². The summed E-state index contributed by atoms with van der Waals surface area (Å²) in [6.45, 7) is 8.06. The summed E-state index contributed by atoms with van der Waals surface area (Å²) >= 11 is 5.77. The van der Waals surface area contributed by atoms with Crippen molar-refractivity contribution in [2.75, 3.05) is 38.6 Å². The van der Waals surface area contributed by atoms with Crippen molar-refractivity contribution in [1.29, 1.82) is 0 Å². The Balaban J connectivity index is 1.45. The maximum atomic E-state index is 12.0. The molecule has 1 aliphatic heterocycles. The highest BCUT2D eigenvalue weighted by atomic mass is 35.5.